The first-order valence-corrected chi connectivity index (χ1v) is 5.93. The molecule has 0 amide bonds. The third-order valence-electron chi connectivity index (χ3n) is 1.92. The van der Waals surface area contributed by atoms with E-state index >= 15 is 0 Å². The number of alkyl halides is 3. The summed E-state index contributed by atoms with van der Waals surface area (Å²) in [5.74, 6) is 0.341. The zero-order chi connectivity index (χ0) is 13.1. The molecule has 1 rings (SSSR count). The number of nitrogens with zero attached hydrogens (tertiary/aromatic N) is 2. The van der Waals surface area contributed by atoms with Crippen molar-refractivity contribution in [2.75, 3.05) is 6.61 Å². The minimum Gasteiger partial charge on any atom is -0.375 e. The zero-order valence-electron chi connectivity index (χ0n) is 9.59. The number of ether oxygens (including phenoxy) is 1. The number of hydrogen-bond donors (Lipinski definition) is 0. The minimum absolute atomic E-state index is 0.120. The Kier molecular flexibility index (Phi) is 5.00. The van der Waals surface area contributed by atoms with Gasteiger partial charge in [-0.2, -0.15) is 18.3 Å². The number of aromatic nitrogens is 2. The lowest BCUT2D eigenvalue weighted by Crippen LogP contribution is -2.21. The lowest BCUT2D eigenvalue weighted by molar-refractivity contribution is -0.143. The molecule has 0 atom stereocenters. The Morgan fingerprint density at radius 3 is 2.65 bits per heavy atom. The van der Waals surface area contributed by atoms with E-state index in [1.54, 1.807) is 0 Å². The summed E-state index contributed by atoms with van der Waals surface area (Å²) in [6.45, 7) is 3.47. The van der Waals surface area contributed by atoms with Crippen molar-refractivity contribution in [3.63, 3.8) is 0 Å². The predicted octanol–water partition coefficient (Wildman–Crippen LogP) is 3.38. The standard InChI is InChI=1S/C10H14BrF3N2O/c1-7(2)4-17-5-9-8(11)3-15-16(9)6-10(12,13)14/h3,7H,4-6H2,1-2H3. The molecular formula is C10H14BrF3N2O. The van der Waals surface area contributed by atoms with Crippen LogP contribution in [0.25, 0.3) is 0 Å². The van der Waals surface area contributed by atoms with Crippen LogP contribution >= 0.6 is 15.9 Å². The molecular weight excluding hydrogens is 301 g/mol. The van der Waals surface area contributed by atoms with Crippen molar-refractivity contribution in [2.24, 2.45) is 5.92 Å². The van der Waals surface area contributed by atoms with Crippen LogP contribution in [0, 0.1) is 5.92 Å². The minimum atomic E-state index is -4.28. The molecule has 1 aromatic rings. The van der Waals surface area contributed by atoms with Crippen LogP contribution in [0.4, 0.5) is 13.2 Å². The first-order chi connectivity index (χ1) is 7.79. The molecule has 0 unspecified atom stereocenters. The van der Waals surface area contributed by atoms with Gasteiger partial charge in [-0.3, -0.25) is 4.68 Å². The van der Waals surface area contributed by atoms with E-state index in [0.717, 1.165) is 4.68 Å². The smallest absolute Gasteiger partial charge is 0.375 e. The van der Waals surface area contributed by atoms with Crippen LogP contribution in [-0.4, -0.2) is 22.6 Å². The van der Waals surface area contributed by atoms with E-state index < -0.39 is 12.7 Å². The first kappa shape index (κ1) is 14.5. The predicted molar refractivity (Wildman–Crippen MR) is 60.5 cm³/mol. The zero-order valence-corrected chi connectivity index (χ0v) is 11.2. The van der Waals surface area contributed by atoms with Crippen molar-refractivity contribution in [3.8, 4) is 0 Å². The fourth-order valence-electron chi connectivity index (χ4n) is 1.23. The average Bonchev–Trinajstić information content (AvgIpc) is 2.46. The molecule has 0 aliphatic carbocycles. The topological polar surface area (TPSA) is 27.1 Å². The van der Waals surface area contributed by atoms with Gasteiger partial charge >= 0.3 is 6.18 Å². The molecule has 0 spiro atoms. The molecule has 0 saturated carbocycles. The maximum Gasteiger partial charge on any atom is 0.408 e. The highest BCUT2D eigenvalue weighted by atomic mass is 79.9. The Balaban J connectivity index is 2.66. The average molecular weight is 315 g/mol. The van der Waals surface area contributed by atoms with E-state index in [9.17, 15) is 13.2 Å². The highest BCUT2D eigenvalue weighted by Gasteiger charge is 2.30. The summed E-state index contributed by atoms with van der Waals surface area (Å²) in [6, 6.07) is 0. The SMILES string of the molecule is CC(C)COCc1c(Br)cnn1CC(F)(F)F. The van der Waals surface area contributed by atoms with E-state index in [2.05, 4.69) is 21.0 Å². The van der Waals surface area contributed by atoms with Gasteiger partial charge in [-0.15, -0.1) is 0 Å². The molecule has 0 aliphatic rings. The maximum absolute atomic E-state index is 12.3. The summed E-state index contributed by atoms with van der Waals surface area (Å²) >= 11 is 3.16. The van der Waals surface area contributed by atoms with Gasteiger partial charge in [-0.05, 0) is 21.8 Å². The van der Waals surface area contributed by atoms with Crippen LogP contribution in [0.1, 0.15) is 19.5 Å². The molecule has 0 bridgehead atoms. The lowest BCUT2D eigenvalue weighted by atomic mass is 10.2. The van der Waals surface area contributed by atoms with Crippen LogP contribution < -0.4 is 0 Å². The fourth-order valence-corrected chi connectivity index (χ4v) is 1.64. The van der Waals surface area contributed by atoms with E-state index in [-0.39, 0.29) is 6.61 Å². The maximum atomic E-state index is 12.3. The second-order valence-corrected chi connectivity index (χ2v) is 4.98. The van der Waals surface area contributed by atoms with E-state index in [4.69, 9.17) is 4.74 Å². The molecule has 0 fully saturated rings. The largest absolute Gasteiger partial charge is 0.408 e. The van der Waals surface area contributed by atoms with Crippen LogP contribution in [0.5, 0.6) is 0 Å². The Labute approximate surface area is 106 Å². The number of rotatable bonds is 5. The molecule has 17 heavy (non-hydrogen) atoms. The molecule has 1 heterocycles. The van der Waals surface area contributed by atoms with Crippen molar-refractivity contribution in [2.45, 2.75) is 33.2 Å². The monoisotopic (exact) mass is 314 g/mol. The summed E-state index contributed by atoms with van der Waals surface area (Å²) in [5.41, 5.74) is 0.406. The Hall–Kier alpha value is -0.560. The van der Waals surface area contributed by atoms with Gasteiger partial charge in [0.15, 0.2) is 0 Å². The molecule has 1 aromatic heterocycles. The van der Waals surface area contributed by atoms with Crippen molar-refractivity contribution in [3.05, 3.63) is 16.4 Å². The molecule has 0 aliphatic heterocycles. The highest BCUT2D eigenvalue weighted by Crippen LogP contribution is 2.22. The van der Waals surface area contributed by atoms with Crippen LogP contribution in [0.3, 0.4) is 0 Å². The van der Waals surface area contributed by atoms with Crippen LogP contribution in [0.2, 0.25) is 0 Å². The van der Waals surface area contributed by atoms with Crippen molar-refractivity contribution in [1.82, 2.24) is 9.78 Å². The molecule has 0 saturated heterocycles. The fraction of sp³-hybridized carbons (Fsp3) is 0.700. The lowest BCUT2D eigenvalue weighted by Gasteiger charge is -2.12. The second kappa shape index (κ2) is 5.86. The van der Waals surface area contributed by atoms with Gasteiger partial charge in [0.2, 0.25) is 0 Å². The van der Waals surface area contributed by atoms with Crippen molar-refractivity contribution in [1.29, 1.82) is 0 Å². The van der Waals surface area contributed by atoms with Gasteiger partial charge in [0, 0.05) is 6.61 Å². The van der Waals surface area contributed by atoms with Crippen molar-refractivity contribution < 1.29 is 17.9 Å². The summed E-state index contributed by atoms with van der Waals surface area (Å²) in [7, 11) is 0. The normalized spacial score (nSPS) is 12.4. The van der Waals surface area contributed by atoms with Gasteiger partial charge < -0.3 is 4.74 Å². The summed E-state index contributed by atoms with van der Waals surface area (Å²) in [4.78, 5) is 0. The quantitative estimate of drug-likeness (QED) is 0.833. The molecule has 3 nitrogen and oxygen atoms in total. The third kappa shape index (κ3) is 5.08. The molecule has 0 radical (unpaired) electrons. The van der Waals surface area contributed by atoms with Gasteiger partial charge in [0.25, 0.3) is 0 Å². The molecule has 0 aromatic carbocycles. The first-order valence-electron chi connectivity index (χ1n) is 5.14. The van der Waals surface area contributed by atoms with E-state index in [1.807, 2.05) is 13.8 Å². The van der Waals surface area contributed by atoms with E-state index in [1.165, 1.54) is 6.20 Å². The number of halogens is 4. The van der Waals surface area contributed by atoms with Gasteiger partial charge in [-0.25, -0.2) is 0 Å². The summed E-state index contributed by atoms with van der Waals surface area (Å²) in [5, 5.41) is 3.67. The molecule has 98 valence electrons. The highest BCUT2D eigenvalue weighted by molar-refractivity contribution is 9.10. The number of hydrogen-bond acceptors (Lipinski definition) is 2. The third-order valence-corrected chi connectivity index (χ3v) is 2.58. The van der Waals surface area contributed by atoms with E-state index in [0.29, 0.717) is 22.7 Å². The second-order valence-electron chi connectivity index (χ2n) is 4.12. The molecule has 7 heteroatoms. The Bertz CT molecular complexity index is 363. The summed E-state index contributed by atoms with van der Waals surface area (Å²) in [6.07, 6.45) is -2.93. The van der Waals surface area contributed by atoms with Gasteiger partial charge in [0.1, 0.15) is 6.54 Å². The van der Waals surface area contributed by atoms with Gasteiger partial charge in [0.05, 0.1) is 23.0 Å². The van der Waals surface area contributed by atoms with Crippen LogP contribution in [0.15, 0.2) is 10.7 Å². The molecule has 0 N–H and O–H groups in total. The summed E-state index contributed by atoms with van der Waals surface area (Å²) < 4.78 is 43.5. The Morgan fingerprint density at radius 1 is 1.47 bits per heavy atom. The van der Waals surface area contributed by atoms with Crippen molar-refractivity contribution >= 4 is 15.9 Å². The van der Waals surface area contributed by atoms with Crippen LogP contribution in [-0.2, 0) is 17.9 Å². The Morgan fingerprint density at radius 2 is 2.12 bits per heavy atom. The van der Waals surface area contributed by atoms with Gasteiger partial charge in [-0.1, -0.05) is 13.8 Å².